The average molecular weight is 1010 g/mol. The number of nitrogens with zero attached hydrogens (tertiary/aromatic N) is 2. The standard InChI is InChI=1S/C32H50Cl4N8O8S4.Cu/c33-53(45,46)13-1-5-17-21(9-13)29-39-25(17)37-26-18-6-2-14(54(34,47)48)10-22(18)31(40-26)44-32-24-12-16(56(36,51)52)4-8-20(24)28(42-32)38-27-19-7-3-15(55(35,49)50)11-23(19)30(41-27)43-29;/h13-32,37-39,42-44H,1-12H2;/q-2;+2. The molecular formula is C32H50Cl4CuN8O8S4. The Hall–Kier alpha value is 1.16. The van der Waals surface area contributed by atoms with Gasteiger partial charge in [0.15, 0.2) is 0 Å². The number of rotatable bonds is 4. The summed E-state index contributed by atoms with van der Waals surface area (Å²) in [5, 5.41) is 30.3. The zero-order valence-corrected chi connectivity index (χ0v) is 37.9. The molecule has 6 N–H and O–H groups in total. The third-order valence-corrected chi connectivity index (χ3v) is 23.2. The van der Waals surface area contributed by atoms with Gasteiger partial charge in [0.2, 0.25) is 36.2 Å². The number of hydrogen-bond acceptors (Lipinski definition) is 14. The van der Waals surface area contributed by atoms with Gasteiger partial charge in [-0.3, -0.25) is 10.6 Å². The second kappa shape index (κ2) is 16.3. The van der Waals surface area contributed by atoms with Crippen molar-refractivity contribution in [3.63, 3.8) is 0 Å². The molecule has 20 unspecified atom stereocenters. The third-order valence-electron chi connectivity index (χ3n) is 15.3. The molecule has 9 aliphatic rings. The molecule has 5 saturated heterocycles. The van der Waals surface area contributed by atoms with E-state index in [4.69, 9.17) is 53.4 Å². The molecule has 0 amide bonds. The van der Waals surface area contributed by atoms with E-state index < -0.39 is 69.5 Å². The molecule has 20 atom stereocenters. The molecule has 9 rings (SSSR count). The van der Waals surface area contributed by atoms with Gasteiger partial charge in [-0.15, -0.1) is 0 Å². The van der Waals surface area contributed by atoms with Crippen LogP contribution in [0, 0.1) is 47.3 Å². The summed E-state index contributed by atoms with van der Waals surface area (Å²) in [6.45, 7) is 0. The van der Waals surface area contributed by atoms with Gasteiger partial charge in [-0.05, 0) is 124 Å². The van der Waals surface area contributed by atoms with Gasteiger partial charge in [0, 0.05) is 42.7 Å². The summed E-state index contributed by atoms with van der Waals surface area (Å²) >= 11 is 0. The second-order valence-corrected chi connectivity index (χ2v) is 29.6. The summed E-state index contributed by atoms with van der Waals surface area (Å²) in [4.78, 5) is 0. The van der Waals surface area contributed by atoms with Crippen molar-refractivity contribution in [2.45, 2.75) is 147 Å². The fourth-order valence-corrected chi connectivity index (χ4v) is 18.1. The molecule has 4 saturated carbocycles. The maximum atomic E-state index is 12.7. The van der Waals surface area contributed by atoms with E-state index in [1.807, 2.05) is 0 Å². The third kappa shape index (κ3) is 8.73. The Bertz CT molecular complexity index is 1720. The monoisotopic (exact) mass is 1010 g/mol. The zero-order chi connectivity index (χ0) is 39.7. The van der Waals surface area contributed by atoms with Crippen LogP contribution in [0.25, 0.3) is 10.6 Å². The number of nitrogens with one attached hydrogen (secondary N) is 6. The summed E-state index contributed by atoms with van der Waals surface area (Å²) in [5.74, 6) is -0.708. The second-order valence-electron chi connectivity index (χ2n) is 17.9. The predicted molar refractivity (Wildman–Crippen MR) is 213 cm³/mol. The molecule has 0 aromatic rings. The Kier molecular flexibility index (Phi) is 12.8. The summed E-state index contributed by atoms with van der Waals surface area (Å²) < 4.78 is 101. The van der Waals surface area contributed by atoms with Crippen molar-refractivity contribution >= 4 is 78.9 Å². The van der Waals surface area contributed by atoms with Crippen LogP contribution >= 0.6 is 42.7 Å². The van der Waals surface area contributed by atoms with Crippen molar-refractivity contribution in [3.8, 4) is 0 Å². The minimum Gasteiger partial charge on any atom is -0.632 e. The van der Waals surface area contributed by atoms with Crippen LogP contribution in [0.5, 0.6) is 0 Å². The van der Waals surface area contributed by atoms with Gasteiger partial charge in [0.1, 0.15) is 0 Å². The molecule has 4 aliphatic carbocycles. The first-order valence-electron chi connectivity index (χ1n) is 19.9. The van der Waals surface area contributed by atoms with E-state index in [0.29, 0.717) is 77.0 Å². The number of fused-ring (bicyclic) bond motifs is 20. The Morgan fingerprint density at radius 2 is 0.579 bits per heavy atom. The molecule has 57 heavy (non-hydrogen) atoms. The SMILES string of the molecule is O=S(=O)(Cl)C1CCC2C3[N-]C(NC4NC(NC5[N-]C(NC6NC(N3)C3CCC(S(=O)(=O)Cl)CC63)C3CC(S(=O)(=O)Cl)CCC53)C3CCC(S(=O)(=O)Cl)CC43)C2C1.[Cu+2]. The molecule has 8 bridgehead atoms. The van der Waals surface area contributed by atoms with E-state index in [1.165, 1.54) is 0 Å². The molecule has 1 radical (unpaired) electrons. The van der Waals surface area contributed by atoms with Gasteiger partial charge in [-0.25, -0.2) is 33.7 Å². The molecular weight excluding hydrogens is 958 g/mol. The van der Waals surface area contributed by atoms with E-state index >= 15 is 0 Å². The van der Waals surface area contributed by atoms with Crippen LogP contribution in [0.15, 0.2) is 0 Å². The van der Waals surface area contributed by atoms with E-state index in [9.17, 15) is 33.7 Å². The first-order chi connectivity index (χ1) is 26.2. The molecule has 0 aromatic carbocycles. The quantitative estimate of drug-likeness (QED) is 0.175. The summed E-state index contributed by atoms with van der Waals surface area (Å²) in [7, 11) is 8.54. The minimum absolute atomic E-state index is 0. The van der Waals surface area contributed by atoms with Gasteiger partial charge in [0.25, 0.3) is 0 Å². The van der Waals surface area contributed by atoms with Crippen molar-refractivity contribution in [1.82, 2.24) is 31.9 Å². The van der Waals surface area contributed by atoms with Crippen LogP contribution in [-0.4, -0.2) is 104 Å². The van der Waals surface area contributed by atoms with Crippen LogP contribution in [0.3, 0.4) is 0 Å². The van der Waals surface area contributed by atoms with Crippen molar-refractivity contribution in [1.29, 1.82) is 0 Å². The Balaban J connectivity index is 0.00000455. The van der Waals surface area contributed by atoms with Crippen LogP contribution in [0.2, 0.25) is 0 Å². The average Bonchev–Trinajstić information content (AvgIpc) is 3.84. The normalized spacial score (nSPS) is 50.2. The molecule has 0 aromatic heterocycles. The molecule has 5 heterocycles. The molecule has 25 heteroatoms. The van der Waals surface area contributed by atoms with Gasteiger partial charge in [0.05, 0.1) is 45.7 Å². The fraction of sp³-hybridized carbons (Fsp3) is 1.00. The largest absolute Gasteiger partial charge is 2.00 e. The minimum atomic E-state index is -3.83. The zero-order valence-electron chi connectivity index (χ0n) is 30.6. The van der Waals surface area contributed by atoms with Gasteiger partial charge < -0.3 is 31.9 Å². The van der Waals surface area contributed by atoms with E-state index in [0.717, 1.165) is 0 Å². The van der Waals surface area contributed by atoms with E-state index in [-0.39, 0.29) is 101 Å². The molecule has 329 valence electrons. The predicted octanol–water partition coefficient (Wildman–Crippen LogP) is 2.36. The van der Waals surface area contributed by atoms with Crippen LogP contribution < -0.4 is 31.9 Å². The maximum absolute atomic E-state index is 12.7. The van der Waals surface area contributed by atoms with Gasteiger partial charge in [-0.1, -0.05) is 24.7 Å². The van der Waals surface area contributed by atoms with Crippen molar-refractivity contribution in [3.05, 3.63) is 10.6 Å². The first kappa shape index (κ1) is 44.8. The van der Waals surface area contributed by atoms with E-state index in [2.05, 4.69) is 31.9 Å². The van der Waals surface area contributed by atoms with Crippen LogP contribution in [-0.2, 0) is 53.3 Å². The number of halogens is 4. The van der Waals surface area contributed by atoms with Crippen LogP contribution in [0.4, 0.5) is 0 Å². The summed E-state index contributed by atoms with van der Waals surface area (Å²) in [5.41, 5.74) is 0. The van der Waals surface area contributed by atoms with E-state index in [1.54, 1.807) is 0 Å². The van der Waals surface area contributed by atoms with Gasteiger partial charge >= 0.3 is 17.1 Å². The Labute approximate surface area is 364 Å². The first-order valence-corrected chi connectivity index (χ1v) is 29.4. The van der Waals surface area contributed by atoms with Crippen molar-refractivity contribution in [2.75, 3.05) is 0 Å². The molecule has 0 spiro atoms. The Morgan fingerprint density at radius 3 is 0.877 bits per heavy atom. The summed E-state index contributed by atoms with van der Waals surface area (Å²) in [6, 6.07) is 0. The van der Waals surface area contributed by atoms with Crippen molar-refractivity contribution in [2.24, 2.45) is 47.3 Å². The topological polar surface area (TPSA) is 237 Å². The smallest absolute Gasteiger partial charge is 0.632 e. The maximum Gasteiger partial charge on any atom is 2.00 e. The molecule has 5 aliphatic heterocycles. The molecule has 9 fully saturated rings. The number of hydrogen-bond donors (Lipinski definition) is 6. The van der Waals surface area contributed by atoms with Crippen molar-refractivity contribution < 1.29 is 50.7 Å². The fourth-order valence-electron chi connectivity index (χ4n) is 12.6. The molecule has 16 nitrogen and oxygen atoms in total. The summed E-state index contributed by atoms with van der Waals surface area (Å²) in [6.07, 6.45) is 2.22. The Morgan fingerprint density at radius 1 is 0.333 bits per heavy atom. The van der Waals surface area contributed by atoms with Gasteiger partial charge in [-0.2, -0.15) is 0 Å². The van der Waals surface area contributed by atoms with Crippen LogP contribution in [0.1, 0.15) is 77.0 Å².